The molecule has 2 N–H and O–H groups in total. The Morgan fingerprint density at radius 2 is 2.00 bits per heavy atom. The van der Waals surface area contributed by atoms with Crippen molar-refractivity contribution in [1.29, 1.82) is 0 Å². The standard InChI is InChI=1S/C10H10FNO/c11-10-5-8(2-1-3-12)4-9(6-10)7-13/h1-2,4-7H,3,12H2. The molecule has 1 rings (SSSR count). The van der Waals surface area contributed by atoms with Gasteiger partial charge >= 0.3 is 0 Å². The second-order valence-corrected chi connectivity index (χ2v) is 2.57. The molecule has 0 amide bonds. The number of rotatable bonds is 3. The quantitative estimate of drug-likeness (QED) is 0.716. The molecule has 0 unspecified atom stereocenters. The third-order valence-electron chi connectivity index (χ3n) is 1.52. The molecule has 68 valence electrons. The highest BCUT2D eigenvalue weighted by Crippen LogP contribution is 2.08. The second-order valence-electron chi connectivity index (χ2n) is 2.57. The summed E-state index contributed by atoms with van der Waals surface area (Å²) < 4.78 is 12.8. The zero-order valence-corrected chi connectivity index (χ0v) is 7.03. The van der Waals surface area contributed by atoms with E-state index in [9.17, 15) is 9.18 Å². The predicted molar refractivity (Wildman–Crippen MR) is 49.9 cm³/mol. The molecule has 0 aliphatic rings. The first-order valence-corrected chi connectivity index (χ1v) is 3.88. The lowest BCUT2D eigenvalue weighted by Crippen LogP contribution is -1.92. The Morgan fingerprint density at radius 1 is 1.31 bits per heavy atom. The fourth-order valence-electron chi connectivity index (χ4n) is 1.00. The molecule has 0 fully saturated rings. The summed E-state index contributed by atoms with van der Waals surface area (Å²) in [4.78, 5) is 10.4. The summed E-state index contributed by atoms with van der Waals surface area (Å²) in [5.74, 6) is -0.415. The Kier molecular flexibility index (Phi) is 3.34. The monoisotopic (exact) mass is 179 g/mol. The Balaban J connectivity index is 3.01. The molecule has 0 saturated heterocycles. The molecule has 1 aromatic carbocycles. The number of hydrogen-bond donors (Lipinski definition) is 1. The van der Waals surface area contributed by atoms with E-state index < -0.39 is 5.82 Å². The van der Waals surface area contributed by atoms with Crippen LogP contribution in [0.4, 0.5) is 4.39 Å². The average molecular weight is 179 g/mol. The van der Waals surface area contributed by atoms with E-state index in [1.807, 2.05) is 0 Å². The zero-order chi connectivity index (χ0) is 9.68. The lowest BCUT2D eigenvalue weighted by Gasteiger charge is -1.96. The summed E-state index contributed by atoms with van der Waals surface area (Å²) in [7, 11) is 0. The third kappa shape index (κ3) is 2.80. The van der Waals surface area contributed by atoms with E-state index in [1.165, 1.54) is 12.1 Å². The van der Waals surface area contributed by atoms with Crippen LogP contribution in [-0.2, 0) is 0 Å². The maximum absolute atomic E-state index is 12.8. The molecule has 0 aromatic heterocycles. The first-order valence-electron chi connectivity index (χ1n) is 3.88. The molecule has 1 aromatic rings. The smallest absolute Gasteiger partial charge is 0.150 e. The van der Waals surface area contributed by atoms with Crippen LogP contribution in [0.3, 0.4) is 0 Å². The molecule has 0 heterocycles. The van der Waals surface area contributed by atoms with Crippen molar-refractivity contribution >= 4 is 12.4 Å². The maximum atomic E-state index is 12.8. The van der Waals surface area contributed by atoms with Gasteiger partial charge in [-0.25, -0.2) is 4.39 Å². The van der Waals surface area contributed by atoms with Crippen molar-refractivity contribution in [2.75, 3.05) is 6.54 Å². The fourth-order valence-corrected chi connectivity index (χ4v) is 1.00. The first-order chi connectivity index (χ1) is 6.26. The van der Waals surface area contributed by atoms with Gasteiger partial charge in [0.25, 0.3) is 0 Å². The van der Waals surface area contributed by atoms with Crippen LogP contribution in [0, 0.1) is 5.82 Å². The van der Waals surface area contributed by atoms with E-state index in [0.717, 1.165) is 0 Å². The molecule has 0 saturated carbocycles. The van der Waals surface area contributed by atoms with Crippen molar-refractivity contribution in [3.05, 3.63) is 41.2 Å². The number of halogens is 1. The van der Waals surface area contributed by atoms with Crippen molar-refractivity contribution in [2.24, 2.45) is 5.73 Å². The Morgan fingerprint density at radius 3 is 2.62 bits per heavy atom. The lowest BCUT2D eigenvalue weighted by atomic mass is 10.1. The molecule has 0 radical (unpaired) electrons. The maximum Gasteiger partial charge on any atom is 0.150 e. The first kappa shape index (κ1) is 9.61. The predicted octanol–water partition coefficient (Wildman–Crippen LogP) is 1.61. The van der Waals surface area contributed by atoms with Gasteiger partial charge in [0.15, 0.2) is 0 Å². The van der Waals surface area contributed by atoms with Crippen LogP contribution < -0.4 is 5.73 Å². The van der Waals surface area contributed by atoms with E-state index in [-0.39, 0.29) is 0 Å². The van der Waals surface area contributed by atoms with Crippen molar-refractivity contribution in [2.45, 2.75) is 0 Å². The second kappa shape index (κ2) is 4.52. The topological polar surface area (TPSA) is 43.1 Å². The number of hydrogen-bond acceptors (Lipinski definition) is 2. The lowest BCUT2D eigenvalue weighted by molar-refractivity contribution is 0.112. The van der Waals surface area contributed by atoms with E-state index >= 15 is 0 Å². The fraction of sp³-hybridized carbons (Fsp3) is 0.100. The van der Waals surface area contributed by atoms with E-state index in [0.29, 0.717) is 24.0 Å². The van der Waals surface area contributed by atoms with Crippen LogP contribution in [0.2, 0.25) is 0 Å². The SMILES string of the molecule is NCC=Cc1cc(F)cc(C=O)c1. The van der Waals surface area contributed by atoms with E-state index in [1.54, 1.807) is 18.2 Å². The van der Waals surface area contributed by atoms with Gasteiger partial charge in [-0.15, -0.1) is 0 Å². The highest BCUT2D eigenvalue weighted by atomic mass is 19.1. The van der Waals surface area contributed by atoms with E-state index in [2.05, 4.69) is 0 Å². The normalized spacial score (nSPS) is 10.6. The molecule has 0 atom stereocenters. The molecule has 0 spiro atoms. The van der Waals surface area contributed by atoms with Crippen molar-refractivity contribution in [3.63, 3.8) is 0 Å². The Hall–Kier alpha value is -1.48. The van der Waals surface area contributed by atoms with Gasteiger partial charge in [-0.05, 0) is 23.8 Å². The molecular formula is C10H10FNO. The largest absolute Gasteiger partial charge is 0.327 e. The van der Waals surface area contributed by atoms with Gasteiger partial charge < -0.3 is 5.73 Å². The van der Waals surface area contributed by atoms with Crippen LogP contribution in [0.5, 0.6) is 0 Å². The average Bonchev–Trinajstić information content (AvgIpc) is 2.14. The highest BCUT2D eigenvalue weighted by Gasteiger charge is 1.96. The molecular weight excluding hydrogens is 169 g/mol. The minimum Gasteiger partial charge on any atom is -0.327 e. The third-order valence-corrected chi connectivity index (χ3v) is 1.52. The van der Waals surface area contributed by atoms with Gasteiger partial charge in [0, 0.05) is 12.1 Å². The van der Waals surface area contributed by atoms with Crippen LogP contribution >= 0.6 is 0 Å². The number of nitrogens with two attached hydrogens (primary N) is 1. The van der Waals surface area contributed by atoms with Crippen molar-refractivity contribution < 1.29 is 9.18 Å². The summed E-state index contributed by atoms with van der Waals surface area (Å²) in [5.41, 5.74) is 6.21. The van der Waals surface area contributed by atoms with Gasteiger partial charge in [-0.3, -0.25) is 4.79 Å². The van der Waals surface area contributed by atoms with Crippen LogP contribution in [-0.4, -0.2) is 12.8 Å². The van der Waals surface area contributed by atoms with Gasteiger partial charge in [0.05, 0.1) is 0 Å². The van der Waals surface area contributed by atoms with Crippen LogP contribution in [0.1, 0.15) is 15.9 Å². The van der Waals surface area contributed by atoms with Gasteiger partial charge in [0.1, 0.15) is 12.1 Å². The minimum absolute atomic E-state index is 0.330. The summed E-state index contributed by atoms with van der Waals surface area (Å²) in [5, 5.41) is 0. The zero-order valence-electron chi connectivity index (χ0n) is 7.03. The summed E-state index contributed by atoms with van der Waals surface area (Å²) in [6, 6.07) is 4.13. The molecule has 13 heavy (non-hydrogen) atoms. The molecule has 0 bridgehead atoms. The number of carbonyl (C=O) groups excluding carboxylic acids is 1. The van der Waals surface area contributed by atoms with Crippen LogP contribution in [0.25, 0.3) is 6.08 Å². The van der Waals surface area contributed by atoms with Gasteiger partial charge in [0.2, 0.25) is 0 Å². The summed E-state index contributed by atoms with van der Waals surface area (Å²) in [6.07, 6.45) is 3.99. The van der Waals surface area contributed by atoms with Crippen molar-refractivity contribution in [1.82, 2.24) is 0 Å². The summed E-state index contributed by atoms with van der Waals surface area (Å²) >= 11 is 0. The van der Waals surface area contributed by atoms with E-state index in [4.69, 9.17) is 5.73 Å². The van der Waals surface area contributed by atoms with Crippen molar-refractivity contribution in [3.8, 4) is 0 Å². The number of aldehydes is 1. The van der Waals surface area contributed by atoms with Crippen LogP contribution in [0.15, 0.2) is 24.3 Å². The van der Waals surface area contributed by atoms with Gasteiger partial charge in [-0.2, -0.15) is 0 Å². The molecule has 0 aliphatic heterocycles. The Bertz CT molecular complexity index is 334. The highest BCUT2D eigenvalue weighted by molar-refractivity contribution is 5.76. The molecule has 3 heteroatoms. The summed E-state index contributed by atoms with van der Waals surface area (Å²) in [6.45, 7) is 0.396. The number of benzene rings is 1. The Labute approximate surface area is 75.9 Å². The molecule has 2 nitrogen and oxygen atoms in total. The van der Waals surface area contributed by atoms with Gasteiger partial charge in [-0.1, -0.05) is 12.2 Å². The minimum atomic E-state index is -0.415. The number of carbonyl (C=O) groups is 1. The molecule has 0 aliphatic carbocycles.